The van der Waals surface area contributed by atoms with E-state index >= 15 is 0 Å². The highest BCUT2D eigenvalue weighted by Crippen LogP contribution is 2.35. The molecule has 3 aromatic heterocycles. The summed E-state index contributed by atoms with van der Waals surface area (Å²) in [7, 11) is 0. The molecule has 0 aromatic carbocycles. The van der Waals surface area contributed by atoms with E-state index in [1.54, 1.807) is 0 Å². The molecule has 3 aromatic rings. The Hall–Kier alpha value is -2.74. The van der Waals surface area contributed by atoms with Gasteiger partial charge in [-0.2, -0.15) is 0 Å². The molecule has 0 bridgehead atoms. The molecule has 0 saturated carbocycles. The van der Waals surface area contributed by atoms with E-state index in [0.29, 0.717) is 24.8 Å². The van der Waals surface area contributed by atoms with Crippen molar-refractivity contribution in [3.05, 3.63) is 45.5 Å². The lowest BCUT2D eigenvalue weighted by Crippen LogP contribution is -2.38. The summed E-state index contributed by atoms with van der Waals surface area (Å²) in [5.41, 5.74) is 3.72. The zero-order chi connectivity index (χ0) is 21.3. The molecule has 7 nitrogen and oxygen atoms in total. The summed E-state index contributed by atoms with van der Waals surface area (Å²) < 4.78 is 5.51. The molecular weight excluding hydrogens is 398 g/mol. The number of likely N-dealkylation sites (tertiary alicyclic amines) is 1. The third kappa shape index (κ3) is 4.23. The van der Waals surface area contributed by atoms with Crippen molar-refractivity contribution in [1.29, 1.82) is 0 Å². The van der Waals surface area contributed by atoms with Gasteiger partial charge in [-0.1, -0.05) is 5.16 Å². The van der Waals surface area contributed by atoms with Gasteiger partial charge < -0.3 is 14.7 Å². The molecule has 0 unspecified atom stereocenters. The highest BCUT2D eigenvalue weighted by Gasteiger charge is 2.29. The lowest BCUT2D eigenvalue weighted by Gasteiger charge is -2.32. The fourth-order valence-electron chi connectivity index (χ4n) is 3.81. The van der Waals surface area contributed by atoms with Gasteiger partial charge in [-0.25, -0.2) is 9.97 Å². The van der Waals surface area contributed by atoms with E-state index in [1.165, 1.54) is 11.3 Å². The predicted molar refractivity (Wildman–Crippen MR) is 118 cm³/mol. The van der Waals surface area contributed by atoms with Gasteiger partial charge in [0.05, 0.1) is 21.8 Å². The van der Waals surface area contributed by atoms with Crippen LogP contribution in [0.15, 0.2) is 28.2 Å². The Balaban J connectivity index is 1.57. The minimum Gasteiger partial charge on any atom is -0.356 e. The highest BCUT2D eigenvalue weighted by molar-refractivity contribution is 7.12. The molecule has 0 atom stereocenters. The van der Waals surface area contributed by atoms with Gasteiger partial charge in [0, 0.05) is 37.3 Å². The van der Waals surface area contributed by atoms with Crippen LogP contribution in [0.2, 0.25) is 0 Å². The van der Waals surface area contributed by atoms with E-state index in [1.807, 2.05) is 42.5 Å². The van der Waals surface area contributed by atoms with Crippen LogP contribution in [0.1, 0.15) is 59.2 Å². The number of carbonyl (C=O) groups is 1. The SMILES string of the molecule is Cc1cc(-c2cnc(NC(C)C)nc2C2CCN(C(=O)c3sccc3C)CC2)on1. The number of thiophene rings is 1. The fraction of sp³-hybridized carbons (Fsp3) is 0.455. The van der Waals surface area contributed by atoms with Gasteiger partial charge in [0.25, 0.3) is 5.91 Å². The number of amides is 1. The first-order valence-corrected chi connectivity index (χ1v) is 11.2. The lowest BCUT2D eigenvalue weighted by molar-refractivity contribution is 0.0716. The maximum absolute atomic E-state index is 12.9. The number of hydrogen-bond donors (Lipinski definition) is 1. The molecule has 158 valence electrons. The van der Waals surface area contributed by atoms with Crippen LogP contribution < -0.4 is 5.32 Å². The molecule has 1 saturated heterocycles. The Morgan fingerprint density at radius 2 is 2.07 bits per heavy atom. The van der Waals surface area contributed by atoms with Crippen LogP contribution in [0.25, 0.3) is 11.3 Å². The molecule has 30 heavy (non-hydrogen) atoms. The second-order valence-corrected chi connectivity index (χ2v) is 9.04. The van der Waals surface area contributed by atoms with Gasteiger partial charge in [-0.3, -0.25) is 4.79 Å². The van der Waals surface area contributed by atoms with E-state index in [4.69, 9.17) is 9.51 Å². The smallest absolute Gasteiger partial charge is 0.264 e. The Morgan fingerprint density at radius 1 is 1.30 bits per heavy atom. The van der Waals surface area contributed by atoms with Gasteiger partial charge >= 0.3 is 0 Å². The first-order valence-electron chi connectivity index (χ1n) is 10.3. The maximum atomic E-state index is 12.9. The summed E-state index contributed by atoms with van der Waals surface area (Å²) in [6.45, 7) is 9.45. The fourth-order valence-corrected chi connectivity index (χ4v) is 4.70. The van der Waals surface area contributed by atoms with Gasteiger partial charge in [0.1, 0.15) is 0 Å². The largest absolute Gasteiger partial charge is 0.356 e. The van der Waals surface area contributed by atoms with E-state index in [0.717, 1.165) is 40.2 Å². The van der Waals surface area contributed by atoms with E-state index in [-0.39, 0.29) is 17.9 Å². The van der Waals surface area contributed by atoms with E-state index in [9.17, 15) is 4.79 Å². The Morgan fingerprint density at radius 3 is 2.67 bits per heavy atom. The minimum atomic E-state index is 0.136. The number of hydrogen-bond acceptors (Lipinski definition) is 7. The summed E-state index contributed by atoms with van der Waals surface area (Å²) in [6, 6.07) is 4.15. The van der Waals surface area contributed by atoms with Crippen molar-refractivity contribution in [2.24, 2.45) is 0 Å². The standard InChI is InChI=1S/C22H27N5O2S/c1-13(2)24-22-23-12-17(18-11-15(4)26-29-18)19(25-22)16-5-8-27(9-6-16)21(28)20-14(3)7-10-30-20/h7,10-13,16H,5-6,8-9H2,1-4H3,(H,23,24,25). The van der Waals surface area contributed by atoms with Crippen LogP contribution >= 0.6 is 11.3 Å². The van der Waals surface area contributed by atoms with Gasteiger partial charge in [-0.15, -0.1) is 11.3 Å². The summed E-state index contributed by atoms with van der Waals surface area (Å²) >= 11 is 1.52. The van der Waals surface area contributed by atoms with Gasteiger partial charge in [0.15, 0.2) is 5.76 Å². The summed E-state index contributed by atoms with van der Waals surface area (Å²) in [4.78, 5) is 25.0. The second-order valence-electron chi connectivity index (χ2n) is 8.12. The molecule has 0 aliphatic carbocycles. The Bertz CT molecular complexity index is 1030. The molecule has 0 spiro atoms. The predicted octanol–water partition coefficient (Wildman–Crippen LogP) is 4.65. The summed E-state index contributed by atoms with van der Waals surface area (Å²) in [5, 5.41) is 9.29. The second kappa shape index (κ2) is 8.55. The minimum absolute atomic E-state index is 0.136. The van der Waals surface area contributed by atoms with Crippen LogP contribution in [-0.4, -0.2) is 45.1 Å². The molecule has 4 heterocycles. The molecule has 1 N–H and O–H groups in total. The molecule has 1 amide bonds. The van der Waals surface area contributed by atoms with Crippen LogP contribution in [0.3, 0.4) is 0 Å². The zero-order valence-corrected chi connectivity index (χ0v) is 18.6. The Kier molecular flexibility index (Phi) is 5.85. The van der Waals surface area contributed by atoms with Crippen molar-refractivity contribution in [3.8, 4) is 11.3 Å². The van der Waals surface area contributed by atoms with Crippen LogP contribution in [0, 0.1) is 13.8 Å². The lowest BCUT2D eigenvalue weighted by atomic mass is 9.90. The van der Waals surface area contributed by atoms with Gasteiger partial charge in [0.2, 0.25) is 5.95 Å². The van der Waals surface area contributed by atoms with Crippen molar-refractivity contribution in [2.45, 2.75) is 52.5 Å². The average Bonchev–Trinajstić information content (AvgIpc) is 3.35. The molecule has 0 radical (unpaired) electrons. The number of rotatable bonds is 5. The third-order valence-electron chi connectivity index (χ3n) is 5.35. The number of anilines is 1. The monoisotopic (exact) mass is 425 g/mol. The van der Waals surface area contributed by atoms with Crippen molar-refractivity contribution in [1.82, 2.24) is 20.0 Å². The van der Waals surface area contributed by atoms with Crippen LogP contribution in [-0.2, 0) is 0 Å². The molecule has 1 aliphatic rings. The van der Waals surface area contributed by atoms with Gasteiger partial charge in [-0.05, 0) is 57.5 Å². The third-order valence-corrected chi connectivity index (χ3v) is 6.36. The normalized spacial score (nSPS) is 15.0. The summed E-state index contributed by atoms with van der Waals surface area (Å²) in [6.07, 6.45) is 3.53. The first kappa shape index (κ1) is 20.5. The van der Waals surface area contributed by atoms with Crippen molar-refractivity contribution < 1.29 is 9.32 Å². The van der Waals surface area contributed by atoms with Crippen molar-refractivity contribution >= 4 is 23.2 Å². The molecule has 1 fully saturated rings. The average molecular weight is 426 g/mol. The quantitative estimate of drug-likeness (QED) is 0.640. The molecule has 4 rings (SSSR count). The van der Waals surface area contributed by atoms with Crippen LogP contribution in [0.4, 0.5) is 5.95 Å². The number of aryl methyl sites for hydroxylation is 2. The summed E-state index contributed by atoms with van der Waals surface area (Å²) in [5.74, 6) is 1.67. The Labute approximate surface area is 180 Å². The first-order chi connectivity index (χ1) is 14.4. The topological polar surface area (TPSA) is 84.2 Å². The number of piperidine rings is 1. The van der Waals surface area contributed by atoms with E-state index in [2.05, 4.69) is 29.3 Å². The van der Waals surface area contributed by atoms with E-state index < -0.39 is 0 Å². The number of carbonyl (C=O) groups excluding carboxylic acids is 1. The number of aromatic nitrogens is 3. The van der Waals surface area contributed by atoms with Crippen molar-refractivity contribution in [2.75, 3.05) is 18.4 Å². The zero-order valence-electron chi connectivity index (χ0n) is 17.8. The van der Waals surface area contributed by atoms with Crippen LogP contribution in [0.5, 0.6) is 0 Å². The maximum Gasteiger partial charge on any atom is 0.264 e. The molecular formula is C22H27N5O2S. The number of nitrogens with one attached hydrogen (secondary N) is 1. The molecule has 8 heteroatoms. The molecule has 1 aliphatic heterocycles. The highest BCUT2D eigenvalue weighted by atomic mass is 32.1. The van der Waals surface area contributed by atoms with Crippen molar-refractivity contribution in [3.63, 3.8) is 0 Å². The number of nitrogens with zero attached hydrogens (tertiary/aromatic N) is 4.